The molecule has 1 aromatic carbocycles. The van der Waals surface area contributed by atoms with Crippen molar-refractivity contribution in [2.24, 2.45) is 16.3 Å². The van der Waals surface area contributed by atoms with E-state index in [0.717, 1.165) is 12.1 Å². The average molecular weight is 313 g/mol. The highest BCUT2D eigenvalue weighted by Gasteiger charge is 2.35. The highest BCUT2D eigenvalue weighted by Crippen LogP contribution is 2.37. The zero-order valence-electron chi connectivity index (χ0n) is 14.8. The van der Waals surface area contributed by atoms with E-state index >= 15 is 0 Å². The van der Waals surface area contributed by atoms with Gasteiger partial charge in [-0.3, -0.25) is 9.79 Å². The first-order valence-electron chi connectivity index (χ1n) is 8.36. The first-order chi connectivity index (χ1) is 10.7. The fourth-order valence-electron chi connectivity index (χ4n) is 3.00. The van der Waals surface area contributed by atoms with E-state index in [-0.39, 0.29) is 22.9 Å². The van der Waals surface area contributed by atoms with E-state index in [0.29, 0.717) is 24.1 Å². The first-order valence-corrected chi connectivity index (χ1v) is 8.36. The van der Waals surface area contributed by atoms with E-state index in [4.69, 9.17) is 0 Å². The SMILES string of the molecule is CCc1ccc(N=C(C2=C(O)CC(C)(C)CC2=O)C(C)C)cc1. The fourth-order valence-corrected chi connectivity index (χ4v) is 3.00. The van der Waals surface area contributed by atoms with E-state index in [9.17, 15) is 9.90 Å². The molecular weight excluding hydrogens is 286 g/mol. The lowest BCUT2D eigenvalue weighted by molar-refractivity contribution is -0.118. The molecule has 3 nitrogen and oxygen atoms in total. The van der Waals surface area contributed by atoms with Gasteiger partial charge in [-0.2, -0.15) is 0 Å². The summed E-state index contributed by atoms with van der Waals surface area (Å²) in [6, 6.07) is 8.04. The summed E-state index contributed by atoms with van der Waals surface area (Å²) in [6.45, 7) is 10.1. The Morgan fingerprint density at radius 3 is 2.30 bits per heavy atom. The van der Waals surface area contributed by atoms with Gasteiger partial charge in [-0.25, -0.2) is 0 Å². The molecule has 2 rings (SSSR count). The minimum Gasteiger partial charge on any atom is -0.511 e. The third-order valence-corrected chi connectivity index (χ3v) is 4.25. The molecule has 0 radical (unpaired) electrons. The number of aryl methyl sites for hydroxylation is 1. The normalized spacial score (nSPS) is 18.7. The van der Waals surface area contributed by atoms with Crippen LogP contribution in [-0.2, 0) is 11.2 Å². The lowest BCUT2D eigenvalue weighted by Crippen LogP contribution is -2.30. The maximum Gasteiger partial charge on any atom is 0.168 e. The standard InChI is InChI=1S/C20H27NO2/c1-6-14-7-9-15(10-8-14)21-19(13(2)3)18-16(22)11-20(4,5)12-17(18)23/h7-10,13,22H,6,11-12H2,1-5H3. The summed E-state index contributed by atoms with van der Waals surface area (Å²) < 4.78 is 0. The lowest BCUT2D eigenvalue weighted by atomic mass is 9.74. The number of carbonyl (C=O) groups excluding carboxylic acids is 1. The number of aliphatic imine (C=N–C) groups is 1. The van der Waals surface area contributed by atoms with Crippen LogP contribution in [0.25, 0.3) is 0 Å². The van der Waals surface area contributed by atoms with Crippen molar-refractivity contribution >= 4 is 17.2 Å². The molecule has 23 heavy (non-hydrogen) atoms. The monoisotopic (exact) mass is 313 g/mol. The molecule has 1 aromatic rings. The van der Waals surface area contributed by atoms with Crippen LogP contribution in [0.3, 0.4) is 0 Å². The number of Topliss-reactive ketones (excluding diaryl/α,β-unsaturated/α-hetero) is 1. The number of benzene rings is 1. The molecule has 124 valence electrons. The number of nitrogens with zero attached hydrogens (tertiary/aromatic N) is 1. The maximum atomic E-state index is 12.6. The molecule has 0 heterocycles. The van der Waals surface area contributed by atoms with Crippen LogP contribution < -0.4 is 0 Å². The van der Waals surface area contributed by atoms with Gasteiger partial charge >= 0.3 is 0 Å². The maximum absolute atomic E-state index is 12.6. The van der Waals surface area contributed by atoms with Crippen molar-refractivity contribution in [2.75, 3.05) is 0 Å². The van der Waals surface area contributed by atoms with Gasteiger partial charge in [-0.05, 0) is 35.4 Å². The minimum absolute atomic E-state index is 0.00335. The molecule has 1 N–H and O–H groups in total. The minimum atomic E-state index is -0.185. The Morgan fingerprint density at radius 2 is 1.83 bits per heavy atom. The highest BCUT2D eigenvalue weighted by molar-refractivity contribution is 6.24. The molecule has 0 bridgehead atoms. The van der Waals surface area contributed by atoms with Crippen LogP contribution in [0.1, 0.15) is 53.0 Å². The van der Waals surface area contributed by atoms with Crippen molar-refractivity contribution in [3.63, 3.8) is 0 Å². The Hall–Kier alpha value is -1.90. The van der Waals surface area contributed by atoms with E-state index in [1.807, 2.05) is 39.8 Å². The fraction of sp³-hybridized carbons (Fsp3) is 0.500. The summed E-state index contributed by atoms with van der Waals surface area (Å²) in [5.41, 5.74) is 3.01. The molecule has 1 aliphatic carbocycles. The largest absolute Gasteiger partial charge is 0.511 e. The predicted molar refractivity (Wildman–Crippen MR) is 95.4 cm³/mol. The van der Waals surface area contributed by atoms with Gasteiger partial charge in [0.25, 0.3) is 0 Å². The van der Waals surface area contributed by atoms with Crippen LogP contribution in [0, 0.1) is 11.3 Å². The second-order valence-corrected chi connectivity index (χ2v) is 7.43. The molecular formula is C20H27NO2. The number of rotatable bonds is 4. The molecule has 0 fully saturated rings. The van der Waals surface area contributed by atoms with Gasteiger partial charge < -0.3 is 5.11 Å². The second kappa shape index (κ2) is 6.69. The van der Waals surface area contributed by atoms with Crippen molar-refractivity contribution in [3.05, 3.63) is 41.2 Å². The molecule has 0 aliphatic heterocycles. The Kier molecular flexibility index (Phi) is 5.08. The third-order valence-electron chi connectivity index (χ3n) is 4.25. The van der Waals surface area contributed by atoms with Crippen LogP contribution in [0.15, 0.2) is 40.6 Å². The summed E-state index contributed by atoms with van der Waals surface area (Å²) in [4.78, 5) is 17.2. The summed E-state index contributed by atoms with van der Waals surface area (Å²) in [6.07, 6.45) is 1.96. The van der Waals surface area contributed by atoms with Gasteiger partial charge in [0, 0.05) is 12.8 Å². The van der Waals surface area contributed by atoms with Gasteiger partial charge in [-0.1, -0.05) is 46.8 Å². The van der Waals surface area contributed by atoms with Crippen molar-refractivity contribution < 1.29 is 9.90 Å². The van der Waals surface area contributed by atoms with Crippen LogP contribution in [0.2, 0.25) is 0 Å². The van der Waals surface area contributed by atoms with Crippen LogP contribution in [0.4, 0.5) is 5.69 Å². The molecule has 0 saturated heterocycles. The van der Waals surface area contributed by atoms with Crippen molar-refractivity contribution in [3.8, 4) is 0 Å². The summed E-state index contributed by atoms with van der Waals surface area (Å²) >= 11 is 0. The molecule has 0 spiro atoms. The molecule has 1 aliphatic rings. The number of ketones is 1. The number of aliphatic hydroxyl groups is 1. The molecule has 0 amide bonds. The Morgan fingerprint density at radius 1 is 1.22 bits per heavy atom. The molecule has 0 aromatic heterocycles. The van der Waals surface area contributed by atoms with Crippen molar-refractivity contribution in [1.29, 1.82) is 0 Å². The Bertz CT molecular complexity index is 649. The number of aliphatic hydroxyl groups excluding tert-OH is 1. The van der Waals surface area contributed by atoms with Crippen LogP contribution >= 0.6 is 0 Å². The van der Waals surface area contributed by atoms with E-state index < -0.39 is 0 Å². The van der Waals surface area contributed by atoms with Crippen molar-refractivity contribution in [1.82, 2.24) is 0 Å². The first kappa shape index (κ1) is 17.5. The van der Waals surface area contributed by atoms with E-state index in [1.54, 1.807) is 0 Å². The molecule has 0 saturated carbocycles. The van der Waals surface area contributed by atoms with Crippen molar-refractivity contribution in [2.45, 2.75) is 53.9 Å². The van der Waals surface area contributed by atoms with Gasteiger partial charge in [-0.15, -0.1) is 0 Å². The lowest BCUT2D eigenvalue weighted by Gasteiger charge is -2.30. The van der Waals surface area contributed by atoms with Gasteiger partial charge in [0.2, 0.25) is 0 Å². The van der Waals surface area contributed by atoms with Crippen LogP contribution in [0.5, 0.6) is 0 Å². The highest BCUT2D eigenvalue weighted by atomic mass is 16.3. The van der Waals surface area contributed by atoms with Gasteiger partial charge in [0.05, 0.1) is 17.0 Å². The smallest absolute Gasteiger partial charge is 0.168 e. The number of hydrogen-bond donors (Lipinski definition) is 1. The zero-order chi connectivity index (χ0) is 17.2. The average Bonchev–Trinajstić information content (AvgIpc) is 2.44. The third kappa shape index (κ3) is 4.10. The number of carbonyl (C=O) groups is 1. The summed E-state index contributed by atoms with van der Waals surface area (Å²) in [7, 11) is 0. The Balaban J connectivity index is 2.45. The summed E-state index contributed by atoms with van der Waals surface area (Å²) in [5, 5.41) is 10.4. The van der Waals surface area contributed by atoms with Gasteiger partial charge in [0.1, 0.15) is 5.76 Å². The second-order valence-electron chi connectivity index (χ2n) is 7.43. The topological polar surface area (TPSA) is 49.7 Å². The van der Waals surface area contributed by atoms with Crippen LogP contribution in [-0.4, -0.2) is 16.6 Å². The molecule has 0 unspecified atom stereocenters. The number of hydrogen-bond acceptors (Lipinski definition) is 3. The zero-order valence-corrected chi connectivity index (χ0v) is 14.8. The molecule has 3 heteroatoms. The summed E-state index contributed by atoms with van der Waals surface area (Å²) in [5.74, 6) is 0.253. The van der Waals surface area contributed by atoms with Gasteiger partial charge in [0.15, 0.2) is 5.78 Å². The van der Waals surface area contributed by atoms with E-state index in [1.165, 1.54) is 5.56 Å². The number of allylic oxidation sites excluding steroid dienone is 2. The molecule has 0 atom stereocenters. The quantitative estimate of drug-likeness (QED) is 0.779. The predicted octanol–water partition coefficient (Wildman–Crippen LogP) is 5.18. The van der Waals surface area contributed by atoms with E-state index in [2.05, 4.69) is 24.0 Å². The Labute approximate surface area is 139 Å².